The number of ketones is 2. The molecule has 0 aromatic heterocycles. The molecule has 0 heterocycles. The van der Waals surface area contributed by atoms with Crippen LogP contribution in [-0.2, 0) is 19.1 Å². The summed E-state index contributed by atoms with van der Waals surface area (Å²) in [6.07, 6.45) is 11.2. The molecule has 6 atom stereocenters. The minimum Gasteiger partial charge on any atom is -0.451 e. The SMILES string of the molecule is CC(=O)O[C@@]1(C(C)=O)CC[C@H]2[C@@H]3C=CC4=CC(=O)CC[C@]4(C)[C@H]3CC[C@@]21C. The average molecular weight is 370 g/mol. The van der Waals surface area contributed by atoms with Crippen LogP contribution >= 0.6 is 0 Å². The number of carbonyl (C=O) groups is 3. The quantitative estimate of drug-likeness (QED) is 0.684. The van der Waals surface area contributed by atoms with Gasteiger partial charge in [-0.3, -0.25) is 14.4 Å². The first kappa shape index (κ1) is 18.6. The van der Waals surface area contributed by atoms with Crippen molar-refractivity contribution >= 4 is 17.5 Å². The number of rotatable bonds is 2. The van der Waals surface area contributed by atoms with Gasteiger partial charge in [0.15, 0.2) is 17.2 Å². The maximum Gasteiger partial charge on any atom is 0.303 e. The minimum absolute atomic E-state index is 0.0176. The molecule has 27 heavy (non-hydrogen) atoms. The Bertz CT molecular complexity index is 777. The van der Waals surface area contributed by atoms with Gasteiger partial charge in [-0.1, -0.05) is 26.0 Å². The van der Waals surface area contributed by atoms with Crippen LogP contribution in [0.3, 0.4) is 0 Å². The smallest absolute Gasteiger partial charge is 0.303 e. The van der Waals surface area contributed by atoms with Crippen LogP contribution in [0.25, 0.3) is 0 Å². The van der Waals surface area contributed by atoms with E-state index >= 15 is 0 Å². The second kappa shape index (κ2) is 5.89. The first-order valence-corrected chi connectivity index (χ1v) is 10.3. The Hall–Kier alpha value is -1.71. The summed E-state index contributed by atoms with van der Waals surface area (Å²) in [4.78, 5) is 36.5. The predicted octanol–water partition coefficient (Wildman–Crippen LogP) is 4.19. The molecule has 0 N–H and O–H groups in total. The molecular weight excluding hydrogens is 340 g/mol. The highest BCUT2D eigenvalue weighted by molar-refractivity contribution is 5.92. The van der Waals surface area contributed by atoms with Gasteiger partial charge in [0.2, 0.25) is 0 Å². The van der Waals surface area contributed by atoms with Crippen LogP contribution in [0.5, 0.6) is 0 Å². The van der Waals surface area contributed by atoms with Crippen LogP contribution in [0.4, 0.5) is 0 Å². The minimum atomic E-state index is -0.984. The highest BCUT2D eigenvalue weighted by Gasteiger charge is 2.67. The van der Waals surface area contributed by atoms with Crippen molar-refractivity contribution < 1.29 is 19.1 Å². The zero-order valence-electron chi connectivity index (χ0n) is 16.8. The average Bonchev–Trinajstić information content (AvgIpc) is 2.89. The molecule has 0 aromatic rings. The summed E-state index contributed by atoms with van der Waals surface area (Å²) < 4.78 is 5.79. The Morgan fingerprint density at radius 3 is 2.44 bits per heavy atom. The number of ether oxygens (including phenoxy) is 1. The van der Waals surface area contributed by atoms with Gasteiger partial charge < -0.3 is 4.74 Å². The van der Waals surface area contributed by atoms with E-state index in [-0.39, 0.29) is 28.4 Å². The molecule has 4 nitrogen and oxygen atoms in total. The molecule has 0 unspecified atom stereocenters. The van der Waals surface area contributed by atoms with Crippen LogP contribution in [0.15, 0.2) is 23.8 Å². The third-order valence-electron chi connectivity index (χ3n) is 8.52. The molecule has 4 aliphatic rings. The van der Waals surface area contributed by atoms with E-state index in [1.165, 1.54) is 12.5 Å². The van der Waals surface area contributed by atoms with E-state index in [2.05, 4.69) is 26.0 Å². The Balaban J connectivity index is 1.75. The topological polar surface area (TPSA) is 60.4 Å². The van der Waals surface area contributed by atoms with E-state index in [0.717, 1.165) is 25.7 Å². The number of hydrogen-bond acceptors (Lipinski definition) is 4. The van der Waals surface area contributed by atoms with Gasteiger partial charge in [-0.15, -0.1) is 0 Å². The van der Waals surface area contributed by atoms with Gasteiger partial charge in [0.1, 0.15) is 0 Å². The molecule has 0 aromatic carbocycles. The van der Waals surface area contributed by atoms with Crippen molar-refractivity contribution in [1.29, 1.82) is 0 Å². The lowest BCUT2D eigenvalue weighted by Crippen LogP contribution is -2.58. The lowest BCUT2D eigenvalue weighted by atomic mass is 9.48. The van der Waals surface area contributed by atoms with Gasteiger partial charge in [-0.05, 0) is 73.8 Å². The van der Waals surface area contributed by atoms with Crippen molar-refractivity contribution in [3.05, 3.63) is 23.8 Å². The lowest BCUT2D eigenvalue weighted by Gasteiger charge is -2.57. The highest BCUT2D eigenvalue weighted by atomic mass is 16.6. The van der Waals surface area contributed by atoms with Crippen molar-refractivity contribution in [2.75, 3.05) is 0 Å². The number of allylic oxidation sites excluding steroid dienone is 4. The molecule has 0 radical (unpaired) electrons. The highest BCUT2D eigenvalue weighted by Crippen LogP contribution is 2.67. The molecule has 4 rings (SSSR count). The summed E-state index contributed by atoms with van der Waals surface area (Å²) in [5.74, 6) is 1.03. The van der Waals surface area contributed by atoms with Gasteiger partial charge in [0, 0.05) is 18.8 Å². The Morgan fingerprint density at radius 2 is 1.78 bits per heavy atom. The number of hydrogen-bond donors (Lipinski definition) is 0. The molecule has 2 fully saturated rings. The van der Waals surface area contributed by atoms with Crippen molar-refractivity contribution in [3.63, 3.8) is 0 Å². The fourth-order valence-corrected chi connectivity index (χ4v) is 7.06. The summed E-state index contributed by atoms with van der Waals surface area (Å²) in [6.45, 7) is 7.46. The zero-order valence-corrected chi connectivity index (χ0v) is 16.8. The van der Waals surface area contributed by atoms with Crippen LogP contribution in [0.1, 0.15) is 66.2 Å². The van der Waals surface area contributed by atoms with Crippen LogP contribution in [0, 0.1) is 28.6 Å². The molecule has 2 saturated carbocycles. The van der Waals surface area contributed by atoms with E-state index in [0.29, 0.717) is 30.6 Å². The second-order valence-electron chi connectivity index (χ2n) is 9.60. The van der Waals surface area contributed by atoms with Crippen LogP contribution < -0.4 is 0 Å². The molecule has 0 amide bonds. The molecule has 4 heteroatoms. The Labute approximate surface area is 161 Å². The predicted molar refractivity (Wildman–Crippen MR) is 102 cm³/mol. The van der Waals surface area contributed by atoms with Crippen molar-refractivity contribution in [2.24, 2.45) is 28.6 Å². The number of fused-ring (bicyclic) bond motifs is 5. The van der Waals surface area contributed by atoms with E-state index in [4.69, 9.17) is 4.74 Å². The number of esters is 1. The third kappa shape index (κ3) is 2.37. The van der Waals surface area contributed by atoms with Crippen LogP contribution in [0.2, 0.25) is 0 Å². The first-order valence-electron chi connectivity index (χ1n) is 10.3. The van der Waals surface area contributed by atoms with Gasteiger partial charge in [0.05, 0.1) is 0 Å². The summed E-state index contributed by atoms with van der Waals surface area (Å²) >= 11 is 0. The van der Waals surface area contributed by atoms with Gasteiger partial charge >= 0.3 is 5.97 Å². The Morgan fingerprint density at radius 1 is 1.07 bits per heavy atom. The standard InChI is InChI=1S/C23H30O4/c1-14(24)23(27-15(2)25)12-9-20-18-6-5-16-13-17(26)7-10-21(16,3)19(18)8-11-22(20,23)4/h5-6,13,18-20H,7-12H2,1-4H3/t18-,19+,20+,21+,22+,23-/m1/s1. The molecule has 146 valence electrons. The maximum absolute atomic E-state index is 12.7. The monoisotopic (exact) mass is 370 g/mol. The second-order valence-corrected chi connectivity index (χ2v) is 9.60. The van der Waals surface area contributed by atoms with Gasteiger partial charge in [-0.25, -0.2) is 0 Å². The zero-order chi connectivity index (χ0) is 19.6. The first-order chi connectivity index (χ1) is 12.6. The summed E-state index contributed by atoms with van der Waals surface area (Å²) in [5.41, 5.74) is -0.0864. The van der Waals surface area contributed by atoms with Crippen molar-refractivity contribution in [2.45, 2.75) is 71.8 Å². The molecule has 0 aliphatic heterocycles. The maximum atomic E-state index is 12.7. The molecule has 0 saturated heterocycles. The molecule has 0 spiro atoms. The van der Waals surface area contributed by atoms with Crippen molar-refractivity contribution in [1.82, 2.24) is 0 Å². The fourth-order valence-electron chi connectivity index (χ4n) is 7.06. The van der Waals surface area contributed by atoms with Gasteiger partial charge in [-0.2, -0.15) is 0 Å². The van der Waals surface area contributed by atoms with Crippen LogP contribution in [-0.4, -0.2) is 23.1 Å². The summed E-state index contributed by atoms with van der Waals surface area (Å²) in [6, 6.07) is 0. The molecule has 0 bridgehead atoms. The van der Waals surface area contributed by atoms with E-state index in [1.54, 1.807) is 6.92 Å². The largest absolute Gasteiger partial charge is 0.451 e. The summed E-state index contributed by atoms with van der Waals surface area (Å²) in [5, 5.41) is 0. The fraction of sp³-hybridized carbons (Fsp3) is 0.696. The molecular formula is C23H30O4. The Kier molecular flexibility index (Phi) is 4.07. The lowest BCUT2D eigenvalue weighted by molar-refractivity contribution is -0.185. The summed E-state index contributed by atoms with van der Waals surface area (Å²) in [7, 11) is 0. The van der Waals surface area contributed by atoms with Crippen molar-refractivity contribution in [3.8, 4) is 0 Å². The number of Topliss-reactive ketones (excluding diaryl/α,β-unsaturated/α-hetero) is 1. The molecule has 4 aliphatic carbocycles. The van der Waals surface area contributed by atoms with E-state index in [1.807, 2.05) is 6.08 Å². The van der Waals surface area contributed by atoms with E-state index in [9.17, 15) is 14.4 Å². The number of carbonyl (C=O) groups excluding carboxylic acids is 3. The van der Waals surface area contributed by atoms with Gasteiger partial charge in [0.25, 0.3) is 0 Å². The third-order valence-corrected chi connectivity index (χ3v) is 8.52. The normalized spacial score (nSPS) is 45.4. The van der Waals surface area contributed by atoms with E-state index < -0.39 is 5.60 Å².